The van der Waals surface area contributed by atoms with Crippen molar-refractivity contribution in [2.45, 2.75) is 131 Å². The minimum atomic E-state index is -0.107. The average molecular weight is 529 g/mol. The first-order valence-corrected chi connectivity index (χ1v) is 15.8. The average Bonchev–Trinajstić information content (AvgIpc) is 3.38. The quantitative estimate of drug-likeness (QED) is 0.303. The summed E-state index contributed by atoms with van der Waals surface area (Å²) in [7, 11) is 0. The first kappa shape index (κ1) is 28.0. The van der Waals surface area contributed by atoms with E-state index in [1.165, 1.54) is 49.9 Å². The van der Waals surface area contributed by atoms with Gasteiger partial charge in [0.15, 0.2) is 0 Å². The van der Waals surface area contributed by atoms with Gasteiger partial charge in [0.25, 0.3) is 0 Å². The third-order valence-electron chi connectivity index (χ3n) is 12.1. The number of carbonyl (C=O) groups excluding carboxylic acids is 2. The largest absolute Gasteiger partial charge is 0.494 e. The lowest BCUT2D eigenvalue weighted by Gasteiger charge is -2.61. The molecule has 0 amide bonds. The Balaban J connectivity index is 1.23. The van der Waals surface area contributed by atoms with Gasteiger partial charge in [-0.05, 0) is 111 Å². The van der Waals surface area contributed by atoms with Crippen molar-refractivity contribution in [1.29, 1.82) is 0 Å². The molecule has 0 aromatic rings. The van der Waals surface area contributed by atoms with Crippen LogP contribution in [0.15, 0.2) is 11.3 Å². The molecule has 0 unspecified atom stereocenters. The summed E-state index contributed by atoms with van der Waals surface area (Å²) in [5.41, 5.74) is 2.25. The maximum Gasteiger partial charge on any atom is 0.305 e. The highest BCUT2D eigenvalue weighted by Crippen LogP contribution is 2.69. The SMILES string of the molecule is CCC(=O)OC[C@H](C)CCC1=C(C)[C@H]2[C@H](C[C@H]3[C@@H]4CC[C@H]5C[C@@H](OC(=O)CC)CC[C@]5(C)[C@H]4CC[C@@]32C)O1. The van der Waals surface area contributed by atoms with Gasteiger partial charge in [-0.2, -0.15) is 0 Å². The summed E-state index contributed by atoms with van der Waals surface area (Å²) in [5, 5.41) is 0. The van der Waals surface area contributed by atoms with E-state index in [9.17, 15) is 9.59 Å². The molecule has 5 heteroatoms. The predicted molar refractivity (Wildman–Crippen MR) is 148 cm³/mol. The molecule has 1 aliphatic heterocycles. The molecular weight excluding hydrogens is 476 g/mol. The van der Waals surface area contributed by atoms with E-state index in [0.717, 1.165) is 43.4 Å². The molecule has 214 valence electrons. The zero-order valence-electron chi connectivity index (χ0n) is 24.9. The highest BCUT2D eigenvalue weighted by atomic mass is 16.5. The minimum absolute atomic E-state index is 0.0320. The van der Waals surface area contributed by atoms with Crippen LogP contribution in [-0.2, 0) is 23.8 Å². The van der Waals surface area contributed by atoms with Gasteiger partial charge in [0, 0.05) is 25.2 Å². The molecule has 0 spiro atoms. The molecule has 1 heterocycles. The third kappa shape index (κ3) is 4.83. The minimum Gasteiger partial charge on any atom is -0.494 e. The number of hydrogen-bond acceptors (Lipinski definition) is 5. The van der Waals surface area contributed by atoms with Crippen LogP contribution in [0.3, 0.4) is 0 Å². The predicted octanol–water partition coefficient (Wildman–Crippen LogP) is 7.62. The van der Waals surface area contributed by atoms with Crippen LogP contribution in [0.2, 0.25) is 0 Å². The number of fused-ring (bicyclic) bond motifs is 7. The van der Waals surface area contributed by atoms with Gasteiger partial charge in [-0.1, -0.05) is 34.6 Å². The van der Waals surface area contributed by atoms with Crippen molar-refractivity contribution in [3.8, 4) is 0 Å². The Kier molecular flexibility index (Phi) is 7.97. The van der Waals surface area contributed by atoms with E-state index in [0.29, 0.717) is 54.1 Å². The summed E-state index contributed by atoms with van der Waals surface area (Å²) < 4.78 is 17.9. The fraction of sp³-hybridized carbons (Fsp3) is 0.879. The van der Waals surface area contributed by atoms with Crippen LogP contribution in [0.1, 0.15) is 119 Å². The molecule has 10 atom stereocenters. The summed E-state index contributed by atoms with van der Waals surface area (Å²) >= 11 is 0. The summed E-state index contributed by atoms with van der Waals surface area (Å²) in [6.45, 7) is 13.9. The number of carbonyl (C=O) groups is 2. The molecular formula is C33H52O5. The normalized spacial score (nSPS) is 42.3. The van der Waals surface area contributed by atoms with E-state index in [4.69, 9.17) is 14.2 Å². The summed E-state index contributed by atoms with van der Waals surface area (Å²) in [5.74, 6) is 5.07. The first-order chi connectivity index (χ1) is 18.1. The fourth-order valence-corrected chi connectivity index (χ4v) is 9.98. The Morgan fingerprint density at radius 2 is 1.71 bits per heavy atom. The van der Waals surface area contributed by atoms with Crippen molar-refractivity contribution < 1.29 is 23.8 Å². The van der Waals surface area contributed by atoms with Crippen LogP contribution in [0.5, 0.6) is 0 Å². The Bertz CT molecular complexity index is 940. The second-order valence-corrected chi connectivity index (χ2v) is 14.1. The van der Waals surface area contributed by atoms with E-state index in [1.54, 1.807) is 0 Å². The van der Waals surface area contributed by atoms with Gasteiger partial charge in [0.2, 0.25) is 0 Å². The van der Waals surface area contributed by atoms with E-state index in [1.807, 2.05) is 13.8 Å². The Morgan fingerprint density at radius 1 is 0.974 bits per heavy atom. The maximum atomic E-state index is 11.9. The molecule has 4 saturated carbocycles. The lowest BCUT2D eigenvalue weighted by atomic mass is 9.44. The van der Waals surface area contributed by atoms with Crippen LogP contribution in [0.25, 0.3) is 0 Å². The molecule has 0 aromatic heterocycles. The second kappa shape index (κ2) is 10.8. The van der Waals surface area contributed by atoms with Crippen LogP contribution in [-0.4, -0.2) is 30.8 Å². The third-order valence-corrected chi connectivity index (χ3v) is 12.1. The van der Waals surface area contributed by atoms with Crippen molar-refractivity contribution in [3.05, 3.63) is 11.3 Å². The highest BCUT2D eigenvalue weighted by Gasteiger charge is 2.64. The molecule has 0 radical (unpaired) electrons. The van der Waals surface area contributed by atoms with Crippen LogP contribution < -0.4 is 0 Å². The fourth-order valence-electron chi connectivity index (χ4n) is 9.98. The number of esters is 2. The van der Waals surface area contributed by atoms with Gasteiger partial charge in [-0.15, -0.1) is 0 Å². The number of allylic oxidation sites excluding steroid dienone is 1. The van der Waals surface area contributed by atoms with E-state index < -0.39 is 0 Å². The Labute approximate surface area is 230 Å². The van der Waals surface area contributed by atoms with Crippen LogP contribution in [0.4, 0.5) is 0 Å². The zero-order chi connectivity index (χ0) is 27.2. The number of ether oxygens (including phenoxy) is 3. The second-order valence-electron chi connectivity index (χ2n) is 14.1. The molecule has 0 N–H and O–H groups in total. The van der Waals surface area contributed by atoms with E-state index in [2.05, 4.69) is 27.7 Å². The summed E-state index contributed by atoms with van der Waals surface area (Å²) in [6.07, 6.45) is 13.2. The Morgan fingerprint density at radius 3 is 2.45 bits per heavy atom. The monoisotopic (exact) mass is 528 g/mol. The molecule has 0 bridgehead atoms. The van der Waals surface area contributed by atoms with Crippen molar-refractivity contribution >= 4 is 11.9 Å². The van der Waals surface area contributed by atoms with Gasteiger partial charge in [0.1, 0.15) is 12.2 Å². The van der Waals surface area contributed by atoms with Gasteiger partial charge in [-0.25, -0.2) is 0 Å². The van der Waals surface area contributed by atoms with Crippen molar-refractivity contribution in [3.63, 3.8) is 0 Å². The van der Waals surface area contributed by atoms with Crippen molar-refractivity contribution in [2.24, 2.45) is 46.3 Å². The van der Waals surface area contributed by atoms with Gasteiger partial charge < -0.3 is 14.2 Å². The van der Waals surface area contributed by atoms with E-state index >= 15 is 0 Å². The molecule has 0 saturated heterocycles. The van der Waals surface area contributed by atoms with Crippen LogP contribution in [0, 0.1) is 46.3 Å². The van der Waals surface area contributed by atoms with Gasteiger partial charge in [0.05, 0.1) is 12.4 Å². The number of rotatable bonds is 8. The molecule has 5 nitrogen and oxygen atoms in total. The lowest BCUT2D eigenvalue weighted by molar-refractivity contribution is -0.161. The summed E-state index contributed by atoms with van der Waals surface area (Å²) in [4.78, 5) is 23.5. The molecule has 5 rings (SSSR count). The highest BCUT2D eigenvalue weighted by molar-refractivity contribution is 5.69. The molecule has 5 aliphatic rings. The number of hydrogen-bond donors (Lipinski definition) is 0. The molecule has 38 heavy (non-hydrogen) atoms. The topological polar surface area (TPSA) is 61.8 Å². The molecule has 4 fully saturated rings. The summed E-state index contributed by atoms with van der Waals surface area (Å²) in [6, 6.07) is 0. The maximum absolute atomic E-state index is 11.9. The van der Waals surface area contributed by atoms with Gasteiger partial charge in [-0.3, -0.25) is 9.59 Å². The molecule has 4 aliphatic carbocycles. The van der Waals surface area contributed by atoms with Crippen molar-refractivity contribution in [1.82, 2.24) is 0 Å². The lowest BCUT2D eigenvalue weighted by Crippen LogP contribution is -2.54. The standard InChI is InChI=1S/C33H52O5/c1-7-29(34)36-19-20(3)9-12-27-21(4)31-28(38-27)18-26-24-11-10-22-17-23(37-30(35)8-2)13-15-32(22,5)25(24)14-16-33(26,31)6/h20,22-26,28,31H,7-19H2,1-6H3/t20-,22+,23+,24-,25+,26+,28+,31+,32+,33+/m1/s1. The smallest absolute Gasteiger partial charge is 0.305 e. The molecule has 0 aromatic carbocycles. The van der Waals surface area contributed by atoms with Gasteiger partial charge >= 0.3 is 11.9 Å². The van der Waals surface area contributed by atoms with Crippen molar-refractivity contribution in [2.75, 3.05) is 6.61 Å². The van der Waals surface area contributed by atoms with Crippen LogP contribution >= 0.6 is 0 Å². The first-order valence-electron chi connectivity index (χ1n) is 15.8. The Hall–Kier alpha value is -1.52. The van der Waals surface area contributed by atoms with E-state index in [-0.39, 0.29) is 18.0 Å². The zero-order valence-corrected chi connectivity index (χ0v) is 24.9.